The van der Waals surface area contributed by atoms with Gasteiger partial charge < -0.3 is 0 Å². The van der Waals surface area contributed by atoms with Crippen LogP contribution in [-0.4, -0.2) is 32.2 Å². The predicted octanol–water partition coefficient (Wildman–Crippen LogP) is 4.17. The smallest absolute Gasteiger partial charge is 0.247 e. The molecule has 1 aliphatic rings. The zero-order valence-electron chi connectivity index (χ0n) is 15.3. The van der Waals surface area contributed by atoms with Gasteiger partial charge >= 0.3 is 0 Å². The van der Waals surface area contributed by atoms with Crippen molar-refractivity contribution in [3.05, 3.63) is 58.6 Å². The van der Waals surface area contributed by atoms with E-state index in [1.165, 1.54) is 16.7 Å². The number of hydrogen-bond donors (Lipinski definition) is 1. The Labute approximate surface area is 171 Å². The van der Waals surface area contributed by atoms with Gasteiger partial charge in [0.1, 0.15) is 5.25 Å². The van der Waals surface area contributed by atoms with E-state index in [1.807, 2.05) is 38.1 Å². The van der Waals surface area contributed by atoms with E-state index in [1.54, 1.807) is 18.2 Å². The van der Waals surface area contributed by atoms with E-state index < -0.39 is 5.25 Å². The Morgan fingerprint density at radius 3 is 2.75 bits per heavy atom. The number of nitrogens with zero attached hydrogens (tertiary/aromatic N) is 3. The van der Waals surface area contributed by atoms with Crippen LogP contribution in [0.25, 0.3) is 11.4 Å². The normalized spacial score (nSPS) is 16.8. The topological polar surface area (TPSA) is 79.0 Å². The SMILES string of the molecule is Cc1cccc(-c2nc(S[C@H]3CC(=O)N(c4ccc(C)c(Cl)c4)C3=O)n[nH]2)c1. The number of aromatic nitrogens is 3. The molecule has 0 saturated carbocycles. The number of H-pyrrole nitrogens is 1. The summed E-state index contributed by atoms with van der Waals surface area (Å²) < 4.78 is 0. The second kappa shape index (κ2) is 7.41. The van der Waals surface area contributed by atoms with Crippen molar-refractivity contribution < 1.29 is 9.59 Å². The second-order valence-electron chi connectivity index (χ2n) is 6.65. The van der Waals surface area contributed by atoms with Crippen molar-refractivity contribution in [2.24, 2.45) is 0 Å². The van der Waals surface area contributed by atoms with E-state index in [9.17, 15) is 9.59 Å². The average Bonchev–Trinajstić information content (AvgIpc) is 3.23. The zero-order chi connectivity index (χ0) is 19.8. The number of amides is 2. The molecule has 0 radical (unpaired) electrons. The molecule has 3 aromatic rings. The van der Waals surface area contributed by atoms with Crippen molar-refractivity contribution in [2.75, 3.05) is 4.90 Å². The van der Waals surface area contributed by atoms with Crippen molar-refractivity contribution in [3.63, 3.8) is 0 Å². The number of anilines is 1. The summed E-state index contributed by atoms with van der Waals surface area (Å²) in [5, 5.41) is 7.48. The third-order valence-electron chi connectivity index (χ3n) is 4.52. The summed E-state index contributed by atoms with van der Waals surface area (Å²) in [6.07, 6.45) is 0.101. The number of halogens is 1. The van der Waals surface area contributed by atoms with E-state index in [-0.39, 0.29) is 18.2 Å². The van der Waals surface area contributed by atoms with Crippen LogP contribution in [0.5, 0.6) is 0 Å². The van der Waals surface area contributed by atoms with Gasteiger partial charge in [0.2, 0.25) is 17.0 Å². The number of imide groups is 1. The van der Waals surface area contributed by atoms with Crippen LogP contribution < -0.4 is 4.90 Å². The first-order valence-corrected chi connectivity index (χ1v) is 9.97. The van der Waals surface area contributed by atoms with Crippen LogP contribution in [-0.2, 0) is 9.59 Å². The fourth-order valence-corrected chi connectivity index (χ4v) is 4.14. The first-order chi connectivity index (χ1) is 13.4. The molecule has 0 aliphatic carbocycles. The van der Waals surface area contributed by atoms with Gasteiger partial charge in [0, 0.05) is 17.0 Å². The van der Waals surface area contributed by atoms with Crippen molar-refractivity contribution >= 4 is 40.9 Å². The third kappa shape index (κ3) is 3.55. The monoisotopic (exact) mass is 412 g/mol. The minimum Gasteiger partial charge on any atom is -0.274 e. The maximum atomic E-state index is 12.8. The van der Waals surface area contributed by atoms with E-state index >= 15 is 0 Å². The fourth-order valence-electron chi connectivity index (χ4n) is 3.04. The van der Waals surface area contributed by atoms with Crippen LogP contribution in [0.4, 0.5) is 5.69 Å². The number of carbonyl (C=O) groups excluding carboxylic acids is 2. The largest absolute Gasteiger partial charge is 0.274 e. The molecule has 142 valence electrons. The summed E-state index contributed by atoms with van der Waals surface area (Å²) in [6.45, 7) is 3.87. The summed E-state index contributed by atoms with van der Waals surface area (Å²) >= 11 is 7.34. The molecule has 28 heavy (non-hydrogen) atoms. The molecule has 1 aliphatic heterocycles. The van der Waals surface area contributed by atoms with Gasteiger partial charge in [0.15, 0.2) is 5.82 Å². The molecule has 1 fully saturated rings. The number of benzene rings is 2. The number of thioether (sulfide) groups is 1. The molecule has 1 saturated heterocycles. The van der Waals surface area contributed by atoms with Gasteiger partial charge in [-0.2, -0.15) is 0 Å². The Morgan fingerprint density at radius 1 is 1.18 bits per heavy atom. The molecule has 1 atom stereocenters. The van der Waals surface area contributed by atoms with Crippen molar-refractivity contribution in [1.29, 1.82) is 0 Å². The number of hydrogen-bond acceptors (Lipinski definition) is 5. The molecule has 0 unspecified atom stereocenters. The molecule has 2 aromatic carbocycles. The summed E-state index contributed by atoms with van der Waals surface area (Å²) in [7, 11) is 0. The first-order valence-electron chi connectivity index (χ1n) is 8.71. The summed E-state index contributed by atoms with van der Waals surface area (Å²) in [5.74, 6) is 0.0961. The zero-order valence-corrected chi connectivity index (χ0v) is 16.8. The van der Waals surface area contributed by atoms with Crippen LogP contribution >= 0.6 is 23.4 Å². The number of aromatic amines is 1. The minimum absolute atomic E-state index is 0.101. The highest BCUT2D eigenvalue weighted by Gasteiger charge is 2.41. The maximum absolute atomic E-state index is 12.8. The summed E-state index contributed by atoms with van der Waals surface area (Å²) in [4.78, 5) is 30.9. The van der Waals surface area contributed by atoms with Crippen LogP contribution in [0.15, 0.2) is 47.6 Å². The molecule has 6 nitrogen and oxygen atoms in total. The maximum Gasteiger partial charge on any atom is 0.247 e. The molecule has 1 aromatic heterocycles. The van der Waals surface area contributed by atoms with Gasteiger partial charge in [-0.25, -0.2) is 9.88 Å². The Balaban J connectivity index is 1.52. The van der Waals surface area contributed by atoms with Gasteiger partial charge in [0.05, 0.1) is 5.69 Å². The lowest BCUT2D eigenvalue weighted by atomic mass is 10.1. The lowest BCUT2D eigenvalue weighted by Gasteiger charge is -2.15. The Kier molecular flexibility index (Phi) is 4.95. The molecule has 2 heterocycles. The number of aryl methyl sites for hydroxylation is 2. The van der Waals surface area contributed by atoms with Crippen molar-refractivity contribution in [3.8, 4) is 11.4 Å². The molecule has 0 bridgehead atoms. The molecule has 1 N–H and O–H groups in total. The molecule has 4 rings (SSSR count). The van der Waals surface area contributed by atoms with E-state index in [0.717, 1.165) is 16.7 Å². The van der Waals surface area contributed by atoms with Crippen LogP contribution in [0.3, 0.4) is 0 Å². The highest BCUT2D eigenvalue weighted by atomic mass is 35.5. The lowest BCUT2D eigenvalue weighted by molar-refractivity contribution is -0.121. The number of nitrogens with one attached hydrogen (secondary N) is 1. The number of carbonyl (C=O) groups is 2. The van der Waals surface area contributed by atoms with Gasteiger partial charge in [-0.3, -0.25) is 14.7 Å². The van der Waals surface area contributed by atoms with E-state index in [2.05, 4.69) is 15.2 Å². The predicted molar refractivity (Wildman–Crippen MR) is 109 cm³/mol. The summed E-state index contributed by atoms with van der Waals surface area (Å²) in [6, 6.07) is 13.1. The quantitative estimate of drug-likeness (QED) is 0.650. The Hall–Kier alpha value is -2.64. The molecular formula is C20H17ClN4O2S. The fraction of sp³-hybridized carbons (Fsp3) is 0.200. The van der Waals surface area contributed by atoms with E-state index in [4.69, 9.17) is 11.6 Å². The van der Waals surface area contributed by atoms with Gasteiger partial charge in [-0.05, 0) is 37.6 Å². The second-order valence-corrected chi connectivity index (χ2v) is 8.22. The van der Waals surface area contributed by atoms with Crippen LogP contribution in [0.1, 0.15) is 17.5 Å². The number of rotatable bonds is 4. The van der Waals surface area contributed by atoms with Crippen molar-refractivity contribution in [1.82, 2.24) is 15.2 Å². The average molecular weight is 413 g/mol. The molecule has 8 heteroatoms. The molecular weight excluding hydrogens is 396 g/mol. The minimum atomic E-state index is -0.561. The molecule has 2 amide bonds. The first kappa shape index (κ1) is 18.7. The van der Waals surface area contributed by atoms with E-state index in [0.29, 0.717) is 21.7 Å². The highest BCUT2D eigenvalue weighted by molar-refractivity contribution is 8.00. The standard InChI is InChI=1S/C20H17ClN4O2S/c1-11-4-3-5-13(8-11)18-22-20(24-23-18)28-16-10-17(26)25(19(16)27)14-7-6-12(2)15(21)9-14/h3-9,16H,10H2,1-2H3,(H,22,23,24)/t16-/m0/s1. The molecule has 0 spiro atoms. The lowest BCUT2D eigenvalue weighted by Crippen LogP contribution is -2.31. The third-order valence-corrected chi connectivity index (χ3v) is 5.98. The van der Waals surface area contributed by atoms with Gasteiger partial charge in [-0.15, -0.1) is 5.10 Å². The van der Waals surface area contributed by atoms with Gasteiger partial charge in [-0.1, -0.05) is 53.2 Å². The Morgan fingerprint density at radius 2 is 2.00 bits per heavy atom. The van der Waals surface area contributed by atoms with Crippen molar-refractivity contribution in [2.45, 2.75) is 30.7 Å². The van der Waals surface area contributed by atoms with Crippen LogP contribution in [0.2, 0.25) is 5.02 Å². The van der Waals surface area contributed by atoms with Gasteiger partial charge in [0.25, 0.3) is 0 Å². The van der Waals surface area contributed by atoms with Crippen LogP contribution in [0, 0.1) is 13.8 Å². The highest BCUT2D eigenvalue weighted by Crippen LogP contribution is 2.34. The summed E-state index contributed by atoms with van der Waals surface area (Å²) in [5.41, 5.74) is 3.42. The Bertz CT molecular complexity index is 1080.